The predicted molar refractivity (Wildman–Crippen MR) is 114 cm³/mol. The zero-order chi connectivity index (χ0) is 19.6. The maximum atomic E-state index is 12.9. The third kappa shape index (κ3) is 6.25. The van der Waals surface area contributed by atoms with Crippen molar-refractivity contribution in [3.05, 3.63) is 94.5 Å². The van der Waals surface area contributed by atoms with E-state index in [1.54, 1.807) is 12.4 Å². The minimum atomic E-state index is -0.414. The normalized spacial score (nSPS) is 11.8. The number of nitrogens with zero attached hydrogens (tertiary/aromatic N) is 2. The van der Waals surface area contributed by atoms with Gasteiger partial charge in [0.15, 0.2) is 0 Å². The lowest BCUT2D eigenvalue weighted by molar-refractivity contribution is -0.123. The molecule has 3 aromatic rings. The summed E-state index contributed by atoms with van der Waals surface area (Å²) in [7, 11) is 0. The Labute approximate surface area is 173 Å². The summed E-state index contributed by atoms with van der Waals surface area (Å²) in [4.78, 5) is 21.1. The molecule has 0 radical (unpaired) electrons. The molecule has 3 rings (SSSR count). The van der Waals surface area contributed by atoms with Crippen LogP contribution in [0.2, 0.25) is 0 Å². The van der Waals surface area contributed by atoms with Crippen LogP contribution in [-0.4, -0.2) is 29.0 Å². The second-order valence-corrected chi connectivity index (χ2v) is 7.37. The lowest BCUT2D eigenvalue weighted by atomic mass is 10.1. The van der Waals surface area contributed by atoms with Gasteiger partial charge in [-0.3, -0.25) is 14.8 Å². The molecule has 0 saturated carbocycles. The Bertz CT molecular complexity index is 874. The number of carbonyl (C=O) groups is 1. The van der Waals surface area contributed by atoms with E-state index in [1.165, 1.54) is 0 Å². The molecule has 0 aliphatic heterocycles. The summed E-state index contributed by atoms with van der Waals surface area (Å²) in [6.45, 7) is 1.25. The number of carbonyl (C=O) groups excluding carboxylic acids is 1. The van der Waals surface area contributed by atoms with Crippen LogP contribution in [-0.2, 0) is 17.6 Å². The van der Waals surface area contributed by atoms with Gasteiger partial charge in [-0.25, -0.2) is 0 Å². The first kappa shape index (κ1) is 20.2. The molecule has 1 atom stereocenters. The van der Waals surface area contributed by atoms with Crippen molar-refractivity contribution in [1.29, 1.82) is 0 Å². The number of rotatable bonds is 9. The fraction of sp³-hybridized carbons (Fsp3) is 0.227. The molecule has 144 valence electrons. The molecule has 5 nitrogen and oxygen atoms in total. The Morgan fingerprint density at radius 2 is 1.61 bits per heavy atom. The third-order valence-electron chi connectivity index (χ3n) is 4.36. The van der Waals surface area contributed by atoms with E-state index in [4.69, 9.17) is 0 Å². The van der Waals surface area contributed by atoms with Crippen LogP contribution < -0.4 is 10.6 Å². The molecule has 0 bridgehead atoms. The number of pyridine rings is 2. The summed E-state index contributed by atoms with van der Waals surface area (Å²) in [6, 6.07) is 15.3. The Morgan fingerprint density at radius 3 is 2.21 bits per heavy atom. The summed E-state index contributed by atoms with van der Waals surface area (Å²) in [5.41, 5.74) is 3.17. The van der Waals surface area contributed by atoms with Crippen LogP contribution in [0.15, 0.2) is 77.8 Å². The number of hydrogen-bond acceptors (Lipinski definition) is 4. The van der Waals surface area contributed by atoms with Crippen LogP contribution in [0.4, 0.5) is 0 Å². The van der Waals surface area contributed by atoms with Crippen molar-refractivity contribution < 1.29 is 4.79 Å². The van der Waals surface area contributed by atoms with Crippen LogP contribution in [0.3, 0.4) is 0 Å². The monoisotopic (exact) mass is 438 g/mol. The first-order valence-electron chi connectivity index (χ1n) is 9.27. The van der Waals surface area contributed by atoms with E-state index in [9.17, 15) is 4.79 Å². The third-order valence-corrected chi connectivity index (χ3v) is 4.86. The van der Waals surface area contributed by atoms with Gasteiger partial charge in [-0.1, -0.05) is 40.2 Å². The highest BCUT2D eigenvalue weighted by Crippen LogP contribution is 2.19. The van der Waals surface area contributed by atoms with Crippen LogP contribution in [0.1, 0.15) is 22.7 Å². The first-order chi connectivity index (χ1) is 13.7. The predicted octanol–water partition coefficient (Wildman–Crippen LogP) is 3.47. The lowest BCUT2D eigenvalue weighted by Gasteiger charge is -2.19. The molecule has 0 aliphatic rings. The zero-order valence-electron chi connectivity index (χ0n) is 15.5. The van der Waals surface area contributed by atoms with Crippen LogP contribution in [0, 0.1) is 0 Å². The van der Waals surface area contributed by atoms with E-state index in [1.807, 2.05) is 60.9 Å². The maximum absolute atomic E-state index is 12.9. The van der Waals surface area contributed by atoms with Gasteiger partial charge in [-0.15, -0.1) is 0 Å². The number of hydrogen-bond donors (Lipinski definition) is 2. The largest absolute Gasteiger partial charge is 0.354 e. The highest BCUT2D eigenvalue weighted by Gasteiger charge is 2.19. The van der Waals surface area contributed by atoms with Crippen molar-refractivity contribution in [2.45, 2.75) is 18.9 Å². The van der Waals surface area contributed by atoms with E-state index < -0.39 is 6.04 Å². The molecule has 2 N–H and O–H groups in total. The van der Waals surface area contributed by atoms with Gasteiger partial charge >= 0.3 is 0 Å². The Morgan fingerprint density at radius 1 is 0.929 bits per heavy atom. The van der Waals surface area contributed by atoms with Crippen LogP contribution in [0.25, 0.3) is 0 Å². The summed E-state index contributed by atoms with van der Waals surface area (Å²) in [5, 5.41) is 6.43. The highest BCUT2D eigenvalue weighted by molar-refractivity contribution is 9.10. The summed E-state index contributed by atoms with van der Waals surface area (Å²) >= 11 is 3.49. The van der Waals surface area contributed by atoms with Gasteiger partial charge in [-0.05, 0) is 53.8 Å². The zero-order valence-corrected chi connectivity index (χ0v) is 17.1. The Kier molecular flexibility index (Phi) is 7.70. The van der Waals surface area contributed by atoms with Crippen molar-refractivity contribution in [3.63, 3.8) is 0 Å². The van der Waals surface area contributed by atoms with Gasteiger partial charge in [0.25, 0.3) is 0 Å². The molecular formula is C22H23BrN4O. The van der Waals surface area contributed by atoms with Crippen LogP contribution >= 0.6 is 15.9 Å². The average molecular weight is 439 g/mol. The smallest absolute Gasteiger partial charge is 0.241 e. The SMILES string of the molecule is O=C(NCCc1cccnc1)C(NCCc1cccnc1)c1cccc(Br)c1. The van der Waals surface area contributed by atoms with Gasteiger partial charge in [0.2, 0.25) is 5.91 Å². The topological polar surface area (TPSA) is 66.9 Å². The standard InChI is InChI=1S/C22H23BrN4O/c23-20-7-1-6-19(14-20)21(26-12-8-17-4-2-10-24-15-17)22(28)27-13-9-18-5-3-11-25-16-18/h1-7,10-11,14-16,21,26H,8-9,12-13H2,(H,27,28). The number of nitrogens with one attached hydrogen (secondary N) is 2. The minimum Gasteiger partial charge on any atom is -0.354 e. The van der Waals surface area contributed by atoms with Crippen molar-refractivity contribution in [2.24, 2.45) is 0 Å². The Balaban J connectivity index is 1.60. The Hall–Kier alpha value is -2.57. The van der Waals surface area contributed by atoms with Gasteiger partial charge in [0, 0.05) is 42.3 Å². The fourth-order valence-electron chi connectivity index (χ4n) is 2.93. The van der Waals surface area contributed by atoms with E-state index >= 15 is 0 Å². The molecule has 2 heterocycles. The van der Waals surface area contributed by atoms with E-state index in [-0.39, 0.29) is 5.91 Å². The van der Waals surface area contributed by atoms with Crippen LogP contribution in [0.5, 0.6) is 0 Å². The molecule has 2 aromatic heterocycles. The van der Waals surface area contributed by atoms with Gasteiger partial charge in [-0.2, -0.15) is 0 Å². The van der Waals surface area contributed by atoms with E-state index in [0.717, 1.165) is 34.0 Å². The molecular weight excluding hydrogens is 416 g/mol. The first-order valence-corrected chi connectivity index (χ1v) is 10.1. The molecule has 0 spiro atoms. The van der Waals surface area contributed by atoms with Crippen molar-refractivity contribution in [1.82, 2.24) is 20.6 Å². The van der Waals surface area contributed by atoms with E-state index in [0.29, 0.717) is 13.1 Å². The molecule has 1 unspecified atom stereocenters. The molecule has 0 aliphatic carbocycles. The second-order valence-electron chi connectivity index (χ2n) is 6.46. The lowest BCUT2D eigenvalue weighted by Crippen LogP contribution is -2.39. The fourth-order valence-corrected chi connectivity index (χ4v) is 3.35. The molecule has 6 heteroatoms. The van der Waals surface area contributed by atoms with Crippen molar-refractivity contribution in [2.75, 3.05) is 13.1 Å². The van der Waals surface area contributed by atoms with Gasteiger partial charge < -0.3 is 10.6 Å². The number of aromatic nitrogens is 2. The molecule has 1 amide bonds. The van der Waals surface area contributed by atoms with Gasteiger partial charge in [0.05, 0.1) is 0 Å². The van der Waals surface area contributed by atoms with E-state index in [2.05, 4.69) is 36.5 Å². The van der Waals surface area contributed by atoms with Gasteiger partial charge in [0.1, 0.15) is 6.04 Å². The molecule has 0 saturated heterocycles. The van der Waals surface area contributed by atoms with Crippen molar-refractivity contribution in [3.8, 4) is 0 Å². The second kappa shape index (κ2) is 10.7. The molecule has 1 aromatic carbocycles. The highest BCUT2D eigenvalue weighted by atomic mass is 79.9. The van der Waals surface area contributed by atoms with Crippen molar-refractivity contribution >= 4 is 21.8 Å². The molecule has 28 heavy (non-hydrogen) atoms. The molecule has 0 fully saturated rings. The summed E-state index contributed by atoms with van der Waals surface area (Å²) in [5.74, 6) is -0.0341. The number of halogens is 1. The maximum Gasteiger partial charge on any atom is 0.241 e. The minimum absolute atomic E-state index is 0.0341. The number of amides is 1. The summed E-state index contributed by atoms with van der Waals surface area (Å²) < 4.78 is 0.951. The average Bonchev–Trinajstić information content (AvgIpc) is 2.72. The quantitative estimate of drug-likeness (QED) is 0.536. The summed E-state index contributed by atoms with van der Waals surface area (Å²) in [6.07, 6.45) is 8.74. The number of benzene rings is 1.